The maximum absolute atomic E-state index is 13.0. The zero-order valence-corrected chi connectivity index (χ0v) is 17.9. The van der Waals surface area contributed by atoms with Gasteiger partial charge in [-0.25, -0.2) is 12.8 Å². The van der Waals surface area contributed by atoms with Gasteiger partial charge in [-0.15, -0.1) is 0 Å². The lowest BCUT2D eigenvalue weighted by molar-refractivity contribution is -0.120. The smallest absolute Gasteiger partial charge is 0.238 e. The first-order valence-electron chi connectivity index (χ1n) is 10.1. The monoisotopic (exact) mass is 433 g/mol. The van der Waals surface area contributed by atoms with Crippen LogP contribution in [-0.2, 0) is 21.2 Å². The van der Waals surface area contributed by atoms with Crippen LogP contribution >= 0.6 is 0 Å². The van der Waals surface area contributed by atoms with Crippen LogP contribution in [0.15, 0.2) is 59.5 Å². The van der Waals surface area contributed by atoms with Gasteiger partial charge in [0.05, 0.1) is 4.90 Å². The summed E-state index contributed by atoms with van der Waals surface area (Å²) in [4.78, 5) is 17.0. The van der Waals surface area contributed by atoms with Crippen LogP contribution in [0.2, 0.25) is 0 Å². The fourth-order valence-corrected chi connectivity index (χ4v) is 4.75. The Morgan fingerprint density at radius 2 is 1.60 bits per heavy atom. The van der Waals surface area contributed by atoms with Crippen LogP contribution in [0.5, 0.6) is 0 Å². The molecule has 1 amide bonds. The number of sulfone groups is 1. The molecule has 0 saturated carbocycles. The summed E-state index contributed by atoms with van der Waals surface area (Å²) in [5.74, 6) is -1.06. The van der Waals surface area contributed by atoms with E-state index < -0.39 is 26.8 Å². The Bertz CT molecular complexity index is 928. The van der Waals surface area contributed by atoms with Crippen molar-refractivity contribution in [1.82, 2.24) is 15.1 Å². The van der Waals surface area contributed by atoms with Crippen LogP contribution in [0.1, 0.15) is 12.5 Å². The Morgan fingerprint density at radius 3 is 2.23 bits per heavy atom. The average Bonchev–Trinajstić information content (AvgIpc) is 2.75. The summed E-state index contributed by atoms with van der Waals surface area (Å²) in [5, 5.41) is 1.49. The molecule has 1 N–H and O–H groups in total. The molecule has 1 heterocycles. The van der Waals surface area contributed by atoms with Crippen LogP contribution in [-0.4, -0.2) is 68.6 Å². The highest BCUT2D eigenvalue weighted by molar-refractivity contribution is 7.92. The summed E-state index contributed by atoms with van der Waals surface area (Å²) < 4.78 is 38.1. The van der Waals surface area contributed by atoms with Gasteiger partial charge in [0.15, 0.2) is 9.84 Å². The fourth-order valence-electron chi connectivity index (χ4n) is 3.46. The van der Waals surface area contributed by atoms with Gasteiger partial charge in [-0.05, 0) is 36.8 Å². The van der Waals surface area contributed by atoms with E-state index in [4.69, 9.17) is 0 Å². The van der Waals surface area contributed by atoms with E-state index in [1.54, 1.807) is 0 Å². The maximum atomic E-state index is 13.0. The van der Waals surface area contributed by atoms with Gasteiger partial charge < -0.3 is 5.32 Å². The number of piperazine rings is 1. The molecule has 1 fully saturated rings. The average molecular weight is 434 g/mol. The molecule has 2 aromatic carbocycles. The van der Waals surface area contributed by atoms with Crippen LogP contribution in [0.3, 0.4) is 0 Å². The minimum Gasteiger partial charge on any atom is -0.354 e. The largest absolute Gasteiger partial charge is 0.354 e. The third-order valence-electron chi connectivity index (χ3n) is 5.42. The lowest BCUT2D eigenvalue weighted by Crippen LogP contribution is -2.48. The minimum atomic E-state index is -3.85. The van der Waals surface area contributed by atoms with Crippen molar-refractivity contribution < 1.29 is 17.6 Å². The van der Waals surface area contributed by atoms with Gasteiger partial charge in [-0.1, -0.05) is 30.3 Å². The van der Waals surface area contributed by atoms with E-state index in [0.29, 0.717) is 13.1 Å². The van der Waals surface area contributed by atoms with Gasteiger partial charge in [0.1, 0.15) is 11.1 Å². The van der Waals surface area contributed by atoms with Crippen LogP contribution in [0.25, 0.3) is 0 Å². The van der Waals surface area contributed by atoms with Gasteiger partial charge in [0.2, 0.25) is 5.91 Å². The first kappa shape index (κ1) is 22.4. The highest BCUT2D eigenvalue weighted by Gasteiger charge is 2.29. The van der Waals surface area contributed by atoms with E-state index in [9.17, 15) is 17.6 Å². The molecule has 6 nitrogen and oxygen atoms in total. The molecular formula is C22H28FN3O3S. The molecular weight excluding hydrogens is 405 g/mol. The lowest BCUT2D eigenvalue weighted by Gasteiger charge is -2.34. The summed E-state index contributed by atoms with van der Waals surface area (Å²) >= 11 is 0. The van der Waals surface area contributed by atoms with Crippen molar-refractivity contribution in [1.29, 1.82) is 0 Å². The molecule has 0 radical (unpaired) electrons. The zero-order chi connectivity index (χ0) is 21.6. The normalized spacial score (nSPS) is 16.9. The van der Waals surface area contributed by atoms with E-state index in [1.807, 2.05) is 18.2 Å². The number of amides is 1. The van der Waals surface area contributed by atoms with E-state index >= 15 is 0 Å². The number of carbonyl (C=O) groups is 1. The number of hydrogen-bond donors (Lipinski definition) is 1. The number of nitrogens with zero attached hydrogens (tertiary/aromatic N) is 2. The first-order valence-corrected chi connectivity index (χ1v) is 11.7. The van der Waals surface area contributed by atoms with Crippen molar-refractivity contribution in [3.05, 3.63) is 66.0 Å². The Balaban J connectivity index is 1.41. The van der Waals surface area contributed by atoms with Crippen molar-refractivity contribution in [3.63, 3.8) is 0 Å². The zero-order valence-electron chi connectivity index (χ0n) is 17.1. The number of halogens is 1. The molecule has 0 aromatic heterocycles. The highest BCUT2D eigenvalue weighted by atomic mass is 32.2. The molecule has 162 valence electrons. The molecule has 8 heteroatoms. The molecule has 2 aromatic rings. The van der Waals surface area contributed by atoms with E-state index in [1.165, 1.54) is 24.6 Å². The lowest BCUT2D eigenvalue weighted by atomic mass is 10.2. The predicted molar refractivity (Wildman–Crippen MR) is 114 cm³/mol. The number of nitrogens with one attached hydrogen (secondary N) is 1. The Morgan fingerprint density at radius 1 is 1.00 bits per heavy atom. The number of benzene rings is 2. The van der Waals surface area contributed by atoms with Crippen molar-refractivity contribution in [3.8, 4) is 0 Å². The molecule has 1 aliphatic rings. The Hall–Kier alpha value is -2.29. The van der Waals surface area contributed by atoms with Crippen LogP contribution in [0.4, 0.5) is 4.39 Å². The second-order valence-electron chi connectivity index (χ2n) is 7.54. The number of carbonyl (C=O) groups excluding carboxylic acids is 1. The highest BCUT2D eigenvalue weighted by Crippen LogP contribution is 2.16. The molecule has 0 aliphatic carbocycles. The topological polar surface area (TPSA) is 69.7 Å². The van der Waals surface area contributed by atoms with Crippen molar-refractivity contribution in [2.75, 3.05) is 39.3 Å². The number of hydrogen-bond acceptors (Lipinski definition) is 5. The van der Waals surface area contributed by atoms with Gasteiger partial charge in [0, 0.05) is 45.8 Å². The summed E-state index contributed by atoms with van der Waals surface area (Å²) in [6.45, 7) is 7.09. The maximum Gasteiger partial charge on any atom is 0.238 e. The fraction of sp³-hybridized carbons (Fsp3) is 0.409. The molecule has 1 atom stereocenters. The van der Waals surface area contributed by atoms with E-state index in [-0.39, 0.29) is 4.90 Å². The summed E-state index contributed by atoms with van der Waals surface area (Å²) in [6, 6.07) is 14.9. The molecule has 0 spiro atoms. The predicted octanol–water partition coefficient (Wildman–Crippen LogP) is 1.92. The standard InChI is InChI=1S/C22H28FN3O3S/c1-18(30(28,29)21-9-7-20(23)8-10-21)22(27)24-11-12-25-13-15-26(16-14-25)17-19-5-3-2-4-6-19/h2-10,18H,11-17H2,1H3,(H,24,27). The molecule has 1 aliphatic heterocycles. The van der Waals surface area contributed by atoms with E-state index in [2.05, 4.69) is 27.2 Å². The molecule has 0 bridgehead atoms. The SMILES string of the molecule is CC(C(=O)NCCN1CCN(Cc2ccccc2)CC1)S(=O)(=O)c1ccc(F)cc1. The second kappa shape index (κ2) is 10.1. The van der Waals surface area contributed by atoms with Crippen LogP contribution < -0.4 is 5.32 Å². The van der Waals surface area contributed by atoms with Crippen molar-refractivity contribution in [2.45, 2.75) is 23.6 Å². The minimum absolute atomic E-state index is 0.0545. The third kappa shape index (κ3) is 5.87. The van der Waals surface area contributed by atoms with Crippen LogP contribution in [0, 0.1) is 5.82 Å². The quantitative estimate of drug-likeness (QED) is 0.644. The second-order valence-corrected chi connectivity index (χ2v) is 9.80. The summed E-state index contributed by atoms with van der Waals surface area (Å²) in [5.41, 5.74) is 1.30. The van der Waals surface area contributed by atoms with Gasteiger partial charge in [-0.2, -0.15) is 0 Å². The summed E-state index contributed by atoms with van der Waals surface area (Å²) in [6.07, 6.45) is 0. The molecule has 1 saturated heterocycles. The summed E-state index contributed by atoms with van der Waals surface area (Å²) in [7, 11) is -3.85. The van der Waals surface area contributed by atoms with Crippen molar-refractivity contribution >= 4 is 15.7 Å². The van der Waals surface area contributed by atoms with Gasteiger partial charge in [-0.3, -0.25) is 14.6 Å². The van der Waals surface area contributed by atoms with Gasteiger partial charge >= 0.3 is 0 Å². The van der Waals surface area contributed by atoms with Gasteiger partial charge in [0.25, 0.3) is 0 Å². The molecule has 30 heavy (non-hydrogen) atoms. The Labute approximate surface area is 177 Å². The molecule has 1 unspecified atom stereocenters. The Kier molecular flexibility index (Phi) is 7.58. The third-order valence-corrected chi connectivity index (χ3v) is 7.49. The molecule has 3 rings (SSSR count). The number of rotatable bonds is 8. The first-order chi connectivity index (χ1) is 14.4. The van der Waals surface area contributed by atoms with Crippen molar-refractivity contribution in [2.24, 2.45) is 0 Å². The van der Waals surface area contributed by atoms with E-state index in [0.717, 1.165) is 44.9 Å².